The molecule has 45 heavy (non-hydrogen) atoms. The van der Waals surface area contributed by atoms with Gasteiger partial charge in [0.25, 0.3) is 11.8 Å². The van der Waals surface area contributed by atoms with Crippen molar-refractivity contribution in [2.24, 2.45) is 0 Å². The van der Waals surface area contributed by atoms with Crippen molar-refractivity contribution >= 4 is 28.5 Å². The number of fused-ring (bicyclic) bond motifs is 1. The molecule has 0 saturated carbocycles. The molecule has 0 aliphatic carbocycles. The number of nitrogens with zero attached hydrogens (tertiary/aromatic N) is 3. The lowest BCUT2D eigenvalue weighted by atomic mass is 9.86. The largest absolute Gasteiger partial charge is 0.340 e. The number of carbonyl (C=O) groups is 2. The number of amides is 2. The lowest BCUT2D eigenvalue weighted by Crippen LogP contribution is -2.29. The van der Waals surface area contributed by atoms with Crippen LogP contribution in [0.15, 0.2) is 128 Å². The minimum Gasteiger partial charge on any atom is -0.340 e. The summed E-state index contributed by atoms with van der Waals surface area (Å²) in [6.45, 7) is 6.50. The Bertz CT molecular complexity index is 1930. The summed E-state index contributed by atoms with van der Waals surface area (Å²) >= 11 is 0. The second-order valence-corrected chi connectivity index (χ2v) is 11.9. The summed E-state index contributed by atoms with van der Waals surface area (Å²) in [5.41, 5.74) is 5.99. The molecule has 222 valence electrons. The summed E-state index contributed by atoms with van der Waals surface area (Å²) in [5, 5.41) is 6.82. The Kier molecular flexibility index (Phi) is 8.16. The Balaban J connectivity index is 1.20. The van der Waals surface area contributed by atoms with Crippen LogP contribution in [-0.4, -0.2) is 26.8 Å². The van der Waals surface area contributed by atoms with E-state index in [1.807, 2.05) is 66.7 Å². The second kappa shape index (κ2) is 12.5. The molecule has 0 bridgehead atoms. The van der Waals surface area contributed by atoms with Crippen LogP contribution in [0.3, 0.4) is 0 Å². The highest BCUT2D eigenvalue weighted by Gasteiger charge is 2.20. The SMILES string of the molecule is CC(C)(C)c1ccc(-c2ncccc2C(=O)Nc2ccc3cc(C(=O)N[C@@H](c4ccccc4)c4ccccn4)ccc3n2)cc1. The van der Waals surface area contributed by atoms with Gasteiger partial charge in [0, 0.05) is 28.9 Å². The Morgan fingerprint density at radius 1 is 0.711 bits per heavy atom. The Morgan fingerprint density at radius 2 is 1.47 bits per heavy atom. The lowest BCUT2D eigenvalue weighted by Gasteiger charge is -2.19. The predicted octanol–water partition coefficient (Wildman–Crippen LogP) is 7.76. The van der Waals surface area contributed by atoms with Gasteiger partial charge >= 0.3 is 0 Å². The van der Waals surface area contributed by atoms with Crippen LogP contribution in [0.5, 0.6) is 0 Å². The van der Waals surface area contributed by atoms with E-state index in [-0.39, 0.29) is 17.2 Å². The maximum Gasteiger partial charge on any atom is 0.259 e. The van der Waals surface area contributed by atoms with Crippen LogP contribution in [0.4, 0.5) is 5.82 Å². The van der Waals surface area contributed by atoms with Gasteiger partial charge in [0.05, 0.1) is 28.5 Å². The van der Waals surface area contributed by atoms with Crippen molar-refractivity contribution in [1.29, 1.82) is 0 Å². The summed E-state index contributed by atoms with van der Waals surface area (Å²) in [7, 11) is 0. The smallest absolute Gasteiger partial charge is 0.259 e. The highest BCUT2D eigenvalue weighted by atomic mass is 16.2. The molecule has 6 rings (SSSR count). The third-order valence-electron chi connectivity index (χ3n) is 7.66. The van der Waals surface area contributed by atoms with Crippen molar-refractivity contribution in [3.63, 3.8) is 0 Å². The maximum atomic E-state index is 13.4. The van der Waals surface area contributed by atoms with Gasteiger partial charge in [-0.15, -0.1) is 0 Å². The second-order valence-electron chi connectivity index (χ2n) is 11.9. The molecule has 7 heteroatoms. The fraction of sp³-hybridized carbons (Fsp3) is 0.132. The first kappa shape index (κ1) is 29.4. The van der Waals surface area contributed by atoms with Crippen molar-refractivity contribution in [2.75, 3.05) is 5.32 Å². The van der Waals surface area contributed by atoms with E-state index >= 15 is 0 Å². The lowest BCUT2D eigenvalue weighted by molar-refractivity contribution is 0.0941. The van der Waals surface area contributed by atoms with E-state index in [1.54, 1.807) is 48.8 Å². The average molecular weight is 592 g/mol. The minimum absolute atomic E-state index is 0.0272. The Labute approximate surface area is 262 Å². The van der Waals surface area contributed by atoms with Gasteiger partial charge < -0.3 is 10.6 Å². The average Bonchev–Trinajstić information content (AvgIpc) is 3.07. The van der Waals surface area contributed by atoms with E-state index in [0.29, 0.717) is 28.2 Å². The van der Waals surface area contributed by atoms with Crippen LogP contribution >= 0.6 is 0 Å². The summed E-state index contributed by atoms with van der Waals surface area (Å²) < 4.78 is 0. The molecular weight excluding hydrogens is 558 g/mol. The summed E-state index contributed by atoms with van der Waals surface area (Å²) in [5.74, 6) is -0.127. The van der Waals surface area contributed by atoms with Gasteiger partial charge in [0.1, 0.15) is 5.82 Å². The number of hydrogen-bond donors (Lipinski definition) is 2. The van der Waals surface area contributed by atoms with E-state index in [0.717, 1.165) is 22.2 Å². The summed E-state index contributed by atoms with van der Waals surface area (Å²) in [4.78, 5) is 40.4. The third kappa shape index (κ3) is 6.63. The van der Waals surface area contributed by atoms with Gasteiger partial charge in [0.15, 0.2) is 0 Å². The molecule has 2 N–H and O–H groups in total. The van der Waals surface area contributed by atoms with Gasteiger partial charge in [-0.2, -0.15) is 0 Å². The van der Waals surface area contributed by atoms with Gasteiger partial charge in [-0.25, -0.2) is 4.98 Å². The first-order valence-corrected chi connectivity index (χ1v) is 14.8. The van der Waals surface area contributed by atoms with Gasteiger partial charge in [-0.1, -0.05) is 81.4 Å². The fourth-order valence-electron chi connectivity index (χ4n) is 5.20. The van der Waals surface area contributed by atoms with Crippen LogP contribution in [0.2, 0.25) is 0 Å². The van der Waals surface area contributed by atoms with E-state index in [4.69, 9.17) is 0 Å². The van der Waals surface area contributed by atoms with Crippen LogP contribution in [0, 0.1) is 0 Å². The molecule has 3 aromatic heterocycles. The van der Waals surface area contributed by atoms with E-state index < -0.39 is 6.04 Å². The molecule has 2 amide bonds. The van der Waals surface area contributed by atoms with Gasteiger partial charge in [0.2, 0.25) is 0 Å². The topological polar surface area (TPSA) is 96.9 Å². The number of anilines is 1. The van der Waals surface area contributed by atoms with E-state index in [1.165, 1.54) is 5.56 Å². The standard InChI is InChI=1S/C38H33N5O2/c1-38(2,3)29-18-14-26(15-19-29)34-30(12-9-23-40-34)37(45)42-33-21-17-27-24-28(16-20-31(27)41-33)36(44)43-35(25-10-5-4-6-11-25)32-13-7-8-22-39-32/h4-24,35H,1-3H3,(H,43,44)(H,41,42,45)/t35-/m0/s1. The molecule has 7 nitrogen and oxygen atoms in total. The molecule has 3 heterocycles. The zero-order chi connectivity index (χ0) is 31.4. The van der Waals surface area contributed by atoms with E-state index in [2.05, 4.69) is 58.5 Å². The molecule has 0 fully saturated rings. The molecule has 0 spiro atoms. The number of rotatable bonds is 7. The molecule has 1 atom stereocenters. The maximum absolute atomic E-state index is 13.4. The summed E-state index contributed by atoms with van der Waals surface area (Å²) in [6.07, 6.45) is 3.40. The minimum atomic E-state index is -0.403. The van der Waals surface area contributed by atoms with Crippen LogP contribution in [0.25, 0.3) is 22.2 Å². The van der Waals surface area contributed by atoms with Crippen molar-refractivity contribution in [3.8, 4) is 11.3 Å². The number of hydrogen-bond acceptors (Lipinski definition) is 5. The molecule has 0 aliphatic rings. The van der Waals surface area contributed by atoms with Crippen LogP contribution in [0.1, 0.15) is 64.3 Å². The fourth-order valence-corrected chi connectivity index (χ4v) is 5.20. The van der Waals surface area contributed by atoms with Crippen molar-refractivity contribution in [3.05, 3.63) is 156 Å². The number of nitrogens with one attached hydrogen (secondary N) is 2. The van der Waals surface area contributed by atoms with Crippen LogP contribution in [-0.2, 0) is 5.41 Å². The predicted molar refractivity (Wildman–Crippen MR) is 178 cm³/mol. The zero-order valence-corrected chi connectivity index (χ0v) is 25.4. The first-order chi connectivity index (χ1) is 21.8. The molecule has 0 radical (unpaired) electrons. The molecule has 0 unspecified atom stereocenters. The van der Waals surface area contributed by atoms with Crippen molar-refractivity contribution in [1.82, 2.24) is 20.3 Å². The number of benzene rings is 3. The third-order valence-corrected chi connectivity index (χ3v) is 7.66. The molecule has 0 saturated heterocycles. The number of pyridine rings is 3. The highest BCUT2D eigenvalue weighted by Crippen LogP contribution is 2.28. The Morgan fingerprint density at radius 3 is 2.20 bits per heavy atom. The van der Waals surface area contributed by atoms with Crippen molar-refractivity contribution in [2.45, 2.75) is 32.2 Å². The number of carbonyl (C=O) groups excluding carboxylic acids is 2. The van der Waals surface area contributed by atoms with Gasteiger partial charge in [-0.3, -0.25) is 19.6 Å². The molecule has 3 aromatic carbocycles. The van der Waals surface area contributed by atoms with Crippen LogP contribution < -0.4 is 10.6 Å². The zero-order valence-electron chi connectivity index (χ0n) is 25.4. The van der Waals surface area contributed by atoms with Gasteiger partial charge in [-0.05, 0) is 71.1 Å². The van der Waals surface area contributed by atoms with E-state index in [9.17, 15) is 9.59 Å². The highest BCUT2D eigenvalue weighted by molar-refractivity contribution is 6.08. The first-order valence-electron chi connectivity index (χ1n) is 14.8. The quantitative estimate of drug-likeness (QED) is 0.198. The molecule has 6 aromatic rings. The monoisotopic (exact) mass is 591 g/mol. The molecule has 0 aliphatic heterocycles. The normalized spacial score (nSPS) is 12.0. The Hall–Kier alpha value is -5.69. The number of aromatic nitrogens is 3. The summed E-state index contributed by atoms with van der Waals surface area (Å²) in [6, 6.07) is 35.6. The molecular formula is C38H33N5O2. The van der Waals surface area contributed by atoms with Crippen molar-refractivity contribution < 1.29 is 9.59 Å².